The summed E-state index contributed by atoms with van der Waals surface area (Å²) in [6.07, 6.45) is -19.7. The SMILES string of the molecule is C=C(C(F)(F)F)C(F)(F)F.FC(F)=C(F)C(F)(F)F. The quantitative estimate of drug-likeness (QED) is 0.421. The lowest BCUT2D eigenvalue weighted by atomic mass is 10.3. The van der Waals surface area contributed by atoms with Crippen LogP contribution < -0.4 is 0 Å². The van der Waals surface area contributed by atoms with Gasteiger partial charge in [-0.3, -0.25) is 0 Å². The molecular weight excluding hydrogens is 312 g/mol. The van der Waals surface area contributed by atoms with E-state index in [9.17, 15) is 52.7 Å². The second-order valence-electron chi connectivity index (χ2n) is 2.55. The van der Waals surface area contributed by atoms with Crippen LogP contribution in [-0.4, -0.2) is 18.5 Å². The Morgan fingerprint density at radius 1 is 0.579 bits per heavy atom. The molecule has 0 aliphatic heterocycles. The van der Waals surface area contributed by atoms with E-state index in [1.54, 1.807) is 0 Å². The second-order valence-corrected chi connectivity index (χ2v) is 2.55. The lowest BCUT2D eigenvalue weighted by Gasteiger charge is -2.12. The van der Waals surface area contributed by atoms with Gasteiger partial charge >= 0.3 is 24.6 Å². The van der Waals surface area contributed by atoms with E-state index in [0.717, 1.165) is 0 Å². The van der Waals surface area contributed by atoms with Crippen molar-refractivity contribution in [2.75, 3.05) is 0 Å². The molecule has 0 saturated carbocycles. The molecule has 0 nitrogen and oxygen atoms in total. The van der Waals surface area contributed by atoms with Crippen molar-refractivity contribution in [3.63, 3.8) is 0 Å². The predicted molar refractivity (Wildman–Crippen MR) is 37.7 cm³/mol. The third kappa shape index (κ3) is 8.37. The first-order chi connectivity index (χ1) is 8.01. The number of alkyl halides is 9. The largest absolute Gasteiger partial charge is 0.448 e. The smallest absolute Gasteiger partial charge is 0.196 e. The molecule has 19 heavy (non-hydrogen) atoms. The van der Waals surface area contributed by atoms with Crippen LogP contribution in [0.15, 0.2) is 24.1 Å². The van der Waals surface area contributed by atoms with Crippen molar-refractivity contribution < 1.29 is 52.7 Å². The molecule has 0 aliphatic carbocycles. The van der Waals surface area contributed by atoms with E-state index in [2.05, 4.69) is 0 Å². The average Bonchev–Trinajstić information content (AvgIpc) is 2.12. The highest BCUT2D eigenvalue weighted by Gasteiger charge is 2.49. The molecule has 0 atom stereocenters. The molecule has 0 aromatic heterocycles. The van der Waals surface area contributed by atoms with E-state index in [4.69, 9.17) is 0 Å². The number of hydrogen-bond donors (Lipinski definition) is 0. The first-order valence-electron chi connectivity index (χ1n) is 3.62. The molecular formula is C7H2F12. The van der Waals surface area contributed by atoms with Gasteiger partial charge in [0.05, 0.1) is 0 Å². The van der Waals surface area contributed by atoms with Gasteiger partial charge in [-0.05, 0) is 0 Å². The highest BCUT2D eigenvalue weighted by Crippen LogP contribution is 2.36. The summed E-state index contributed by atoms with van der Waals surface area (Å²) in [7, 11) is 0. The van der Waals surface area contributed by atoms with Gasteiger partial charge in [-0.1, -0.05) is 6.58 Å². The van der Waals surface area contributed by atoms with Gasteiger partial charge in [0.2, 0.25) is 0 Å². The summed E-state index contributed by atoms with van der Waals surface area (Å²) >= 11 is 0. The minimum atomic E-state index is -5.56. The Kier molecular flexibility index (Phi) is 6.51. The lowest BCUT2D eigenvalue weighted by Crippen LogP contribution is -2.24. The van der Waals surface area contributed by atoms with Crippen molar-refractivity contribution in [3.05, 3.63) is 24.1 Å². The van der Waals surface area contributed by atoms with Gasteiger partial charge in [-0.2, -0.15) is 52.7 Å². The summed E-state index contributed by atoms with van der Waals surface area (Å²) in [5, 5.41) is 0. The summed E-state index contributed by atoms with van der Waals surface area (Å²) in [5.74, 6) is -3.33. The molecule has 0 amide bonds. The molecule has 0 aliphatic rings. The molecule has 0 fully saturated rings. The second kappa shape index (κ2) is 6.19. The molecule has 0 saturated heterocycles. The Bertz CT molecular complexity index is 317. The van der Waals surface area contributed by atoms with Gasteiger partial charge < -0.3 is 0 Å². The maximum Gasteiger partial charge on any atom is 0.448 e. The zero-order valence-corrected chi connectivity index (χ0v) is 8.24. The third-order valence-corrected chi connectivity index (χ3v) is 1.10. The van der Waals surface area contributed by atoms with E-state index in [1.807, 2.05) is 6.58 Å². The van der Waals surface area contributed by atoms with Crippen LogP contribution in [-0.2, 0) is 0 Å². The fraction of sp³-hybridized carbons (Fsp3) is 0.429. The Morgan fingerprint density at radius 2 is 0.842 bits per heavy atom. The van der Waals surface area contributed by atoms with Crippen LogP contribution in [0, 0.1) is 0 Å². The summed E-state index contributed by atoms with van der Waals surface area (Å²) in [5.41, 5.74) is -2.68. The molecule has 0 N–H and O–H groups in total. The van der Waals surface area contributed by atoms with Crippen LogP contribution in [0.5, 0.6) is 0 Å². The first-order valence-corrected chi connectivity index (χ1v) is 3.62. The summed E-state index contributed by atoms with van der Waals surface area (Å²) in [4.78, 5) is 0. The lowest BCUT2D eigenvalue weighted by molar-refractivity contribution is -0.171. The van der Waals surface area contributed by atoms with Crippen LogP contribution in [0.1, 0.15) is 0 Å². The van der Waals surface area contributed by atoms with E-state index >= 15 is 0 Å². The minimum absolute atomic E-state index is 1.85. The van der Waals surface area contributed by atoms with Crippen molar-refractivity contribution in [2.45, 2.75) is 18.5 Å². The van der Waals surface area contributed by atoms with E-state index in [0.29, 0.717) is 0 Å². The fourth-order valence-corrected chi connectivity index (χ4v) is 0.268. The number of halogens is 12. The third-order valence-electron chi connectivity index (χ3n) is 1.10. The fourth-order valence-electron chi connectivity index (χ4n) is 0.268. The van der Waals surface area contributed by atoms with Crippen LogP contribution in [0.3, 0.4) is 0 Å². The maximum atomic E-state index is 11.1. The number of allylic oxidation sites excluding steroid dienone is 2. The molecule has 0 bridgehead atoms. The molecule has 0 radical (unpaired) electrons. The number of rotatable bonds is 0. The Morgan fingerprint density at radius 3 is 0.842 bits per heavy atom. The molecule has 0 unspecified atom stereocenters. The van der Waals surface area contributed by atoms with Crippen molar-refractivity contribution in [1.29, 1.82) is 0 Å². The normalized spacial score (nSPS) is 12.4. The molecule has 0 spiro atoms. The first kappa shape index (κ1) is 20.0. The van der Waals surface area contributed by atoms with Crippen molar-refractivity contribution in [2.24, 2.45) is 0 Å². The van der Waals surface area contributed by atoms with Crippen LogP contribution >= 0.6 is 0 Å². The number of hydrogen-bond acceptors (Lipinski definition) is 0. The predicted octanol–water partition coefficient (Wildman–Crippen LogP) is 5.29. The highest BCUT2D eigenvalue weighted by atomic mass is 19.4. The van der Waals surface area contributed by atoms with Crippen LogP contribution in [0.2, 0.25) is 0 Å². The van der Waals surface area contributed by atoms with Crippen molar-refractivity contribution >= 4 is 0 Å². The molecule has 0 aromatic rings. The van der Waals surface area contributed by atoms with Gasteiger partial charge in [0, 0.05) is 0 Å². The van der Waals surface area contributed by atoms with Crippen molar-refractivity contribution in [3.8, 4) is 0 Å². The maximum absolute atomic E-state index is 11.1. The van der Waals surface area contributed by atoms with Crippen molar-refractivity contribution in [1.82, 2.24) is 0 Å². The Hall–Kier alpha value is -1.36. The summed E-state index contributed by atoms with van der Waals surface area (Å²) in [6, 6.07) is 0. The minimum Gasteiger partial charge on any atom is -0.196 e. The monoisotopic (exact) mass is 314 g/mol. The van der Waals surface area contributed by atoms with E-state index in [-0.39, 0.29) is 0 Å². The van der Waals surface area contributed by atoms with E-state index in [1.165, 1.54) is 0 Å². The van der Waals surface area contributed by atoms with Gasteiger partial charge in [-0.25, -0.2) is 0 Å². The summed E-state index contributed by atoms with van der Waals surface area (Å²) < 4.78 is 132. The summed E-state index contributed by atoms with van der Waals surface area (Å²) in [6.45, 7) is 1.85. The standard InChI is InChI=1S/C4H2F6.C3F6/c1-2(3(5,6)7)4(8,9)10;4-1(2(5)6)3(7,8)9/h1H2;. The molecule has 114 valence electrons. The molecule has 12 heteroatoms. The van der Waals surface area contributed by atoms with Crippen LogP contribution in [0.4, 0.5) is 52.7 Å². The molecule has 0 heterocycles. The van der Waals surface area contributed by atoms with Gasteiger partial charge in [0.25, 0.3) is 5.83 Å². The zero-order chi connectivity index (χ0) is 16.2. The van der Waals surface area contributed by atoms with Crippen LogP contribution in [0.25, 0.3) is 0 Å². The topological polar surface area (TPSA) is 0 Å². The zero-order valence-electron chi connectivity index (χ0n) is 8.24. The van der Waals surface area contributed by atoms with Gasteiger partial charge in [-0.15, -0.1) is 0 Å². The van der Waals surface area contributed by atoms with E-state index < -0.39 is 36.0 Å². The molecule has 0 aromatic carbocycles. The van der Waals surface area contributed by atoms with Gasteiger partial charge in [0.15, 0.2) is 0 Å². The highest BCUT2D eigenvalue weighted by molar-refractivity contribution is 5.09. The Balaban J connectivity index is 0. The average molecular weight is 314 g/mol. The Labute approximate surface area is 96.5 Å². The molecule has 0 rings (SSSR count). The van der Waals surface area contributed by atoms with Gasteiger partial charge in [0.1, 0.15) is 5.57 Å².